The van der Waals surface area contributed by atoms with E-state index >= 15 is 0 Å². The first-order chi connectivity index (χ1) is 11.1. The molecule has 0 aliphatic rings. The van der Waals surface area contributed by atoms with Gasteiger partial charge >= 0.3 is 0 Å². The maximum Gasteiger partial charge on any atom is 0.226 e. The zero-order chi connectivity index (χ0) is 16.2. The van der Waals surface area contributed by atoms with Gasteiger partial charge in [-0.3, -0.25) is 4.90 Å². The van der Waals surface area contributed by atoms with E-state index in [0.717, 1.165) is 0 Å². The van der Waals surface area contributed by atoms with E-state index in [1.54, 1.807) is 24.3 Å². The van der Waals surface area contributed by atoms with Gasteiger partial charge in [-0.05, 0) is 31.3 Å². The van der Waals surface area contributed by atoms with Crippen molar-refractivity contribution in [3.8, 4) is 11.5 Å². The van der Waals surface area contributed by atoms with E-state index in [9.17, 15) is 8.78 Å². The van der Waals surface area contributed by atoms with Gasteiger partial charge in [-0.25, -0.2) is 13.8 Å². The molecule has 118 valence electrons. The van der Waals surface area contributed by atoms with Gasteiger partial charge in [-0.2, -0.15) is 0 Å². The smallest absolute Gasteiger partial charge is 0.226 e. The van der Waals surface area contributed by atoms with Gasteiger partial charge in [-0.1, -0.05) is 24.3 Å². The van der Waals surface area contributed by atoms with Crippen molar-refractivity contribution in [2.75, 3.05) is 7.05 Å². The zero-order valence-electron chi connectivity index (χ0n) is 12.7. The maximum atomic E-state index is 13.7. The molecule has 0 N–H and O–H groups in total. The Morgan fingerprint density at radius 3 is 2.65 bits per heavy atom. The van der Waals surface area contributed by atoms with Crippen LogP contribution in [0.3, 0.4) is 0 Å². The molecule has 2 aromatic carbocycles. The molecule has 0 spiro atoms. The van der Waals surface area contributed by atoms with Crippen molar-refractivity contribution in [1.29, 1.82) is 0 Å². The lowest BCUT2D eigenvalue weighted by Crippen LogP contribution is -2.18. The van der Waals surface area contributed by atoms with Crippen molar-refractivity contribution >= 4 is 0 Å². The van der Waals surface area contributed by atoms with Crippen LogP contribution in [0, 0.1) is 11.6 Å². The molecule has 23 heavy (non-hydrogen) atoms. The summed E-state index contributed by atoms with van der Waals surface area (Å²) in [6.07, 6.45) is 1.54. The highest BCUT2D eigenvalue weighted by Crippen LogP contribution is 2.20. The third-order valence-corrected chi connectivity index (χ3v) is 3.45. The lowest BCUT2D eigenvalue weighted by Gasteiger charge is -2.15. The van der Waals surface area contributed by atoms with Crippen LogP contribution in [0.2, 0.25) is 0 Å². The molecule has 0 bridgehead atoms. The molecule has 0 unspecified atom stereocenters. The highest BCUT2D eigenvalue weighted by Gasteiger charge is 2.11. The van der Waals surface area contributed by atoms with Gasteiger partial charge in [0.25, 0.3) is 0 Å². The van der Waals surface area contributed by atoms with E-state index in [4.69, 9.17) is 4.42 Å². The Hall–Kier alpha value is -2.53. The molecule has 0 atom stereocenters. The highest BCUT2D eigenvalue weighted by atomic mass is 19.1. The maximum absolute atomic E-state index is 13.7. The summed E-state index contributed by atoms with van der Waals surface area (Å²) < 4.78 is 32.3. The SMILES string of the molecule is CN(Cc1coc(-c2cccc(F)c2)n1)Cc1ccccc1F. The fourth-order valence-corrected chi connectivity index (χ4v) is 2.38. The summed E-state index contributed by atoms with van der Waals surface area (Å²) in [6.45, 7) is 0.974. The van der Waals surface area contributed by atoms with Crippen LogP contribution in [0.1, 0.15) is 11.3 Å². The summed E-state index contributed by atoms with van der Waals surface area (Å²) in [5, 5.41) is 0. The number of hydrogen-bond donors (Lipinski definition) is 0. The molecule has 3 aromatic rings. The first-order valence-electron chi connectivity index (χ1n) is 7.24. The minimum atomic E-state index is -0.334. The third kappa shape index (κ3) is 3.81. The molecule has 0 radical (unpaired) electrons. The van der Waals surface area contributed by atoms with Crippen LogP contribution in [0.25, 0.3) is 11.5 Å². The quantitative estimate of drug-likeness (QED) is 0.705. The molecular formula is C18H16F2N2O. The van der Waals surface area contributed by atoms with Crippen LogP contribution in [-0.2, 0) is 13.1 Å². The number of rotatable bonds is 5. The second-order valence-corrected chi connectivity index (χ2v) is 5.42. The summed E-state index contributed by atoms with van der Waals surface area (Å²) in [6, 6.07) is 12.8. The van der Waals surface area contributed by atoms with Gasteiger partial charge < -0.3 is 4.42 Å². The minimum Gasteiger partial charge on any atom is -0.444 e. The third-order valence-electron chi connectivity index (χ3n) is 3.45. The van der Waals surface area contributed by atoms with Crippen LogP contribution in [0.15, 0.2) is 59.2 Å². The average molecular weight is 314 g/mol. The fourth-order valence-electron chi connectivity index (χ4n) is 2.38. The van der Waals surface area contributed by atoms with Crippen LogP contribution in [0.4, 0.5) is 8.78 Å². The Morgan fingerprint density at radius 1 is 1.04 bits per heavy atom. The van der Waals surface area contributed by atoms with Crippen molar-refractivity contribution in [2.24, 2.45) is 0 Å². The summed E-state index contributed by atoms with van der Waals surface area (Å²) in [5.74, 6) is -0.183. The Kier molecular flexibility index (Phi) is 4.48. The minimum absolute atomic E-state index is 0.222. The molecular weight excluding hydrogens is 298 g/mol. The first-order valence-corrected chi connectivity index (χ1v) is 7.24. The molecule has 3 nitrogen and oxygen atoms in total. The van der Waals surface area contributed by atoms with Crippen molar-refractivity contribution < 1.29 is 13.2 Å². The highest BCUT2D eigenvalue weighted by molar-refractivity contribution is 5.52. The summed E-state index contributed by atoms with van der Waals surface area (Å²) in [5.41, 5.74) is 1.93. The predicted molar refractivity (Wildman–Crippen MR) is 83.5 cm³/mol. The van der Waals surface area contributed by atoms with Gasteiger partial charge in [0.2, 0.25) is 5.89 Å². The molecule has 0 saturated carbocycles. The first kappa shape index (κ1) is 15.4. The summed E-state index contributed by atoms with van der Waals surface area (Å²) >= 11 is 0. The van der Waals surface area contributed by atoms with E-state index in [-0.39, 0.29) is 11.6 Å². The van der Waals surface area contributed by atoms with Crippen molar-refractivity contribution in [1.82, 2.24) is 9.88 Å². The van der Waals surface area contributed by atoms with Gasteiger partial charge in [0, 0.05) is 24.2 Å². The Morgan fingerprint density at radius 2 is 1.87 bits per heavy atom. The van der Waals surface area contributed by atoms with Gasteiger partial charge in [0.15, 0.2) is 0 Å². The Balaban J connectivity index is 1.68. The monoisotopic (exact) mass is 314 g/mol. The zero-order valence-corrected chi connectivity index (χ0v) is 12.7. The molecule has 0 aliphatic heterocycles. The van der Waals surface area contributed by atoms with Crippen LogP contribution >= 0.6 is 0 Å². The molecule has 5 heteroatoms. The molecule has 1 aromatic heterocycles. The number of benzene rings is 2. The molecule has 0 amide bonds. The normalized spacial score (nSPS) is 11.1. The second kappa shape index (κ2) is 6.71. The van der Waals surface area contributed by atoms with Gasteiger partial charge in [0.1, 0.15) is 17.9 Å². The number of halogens is 2. The lowest BCUT2D eigenvalue weighted by atomic mass is 10.2. The standard InChI is InChI=1S/C18H16F2N2O/c1-22(10-14-5-2-3-8-17(14)20)11-16-12-23-18(21-16)13-6-4-7-15(19)9-13/h2-9,12H,10-11H2,1H3. The van der Waals surface area contributed by atoms with E-state index in [1.807, 2.05) is 18.0 Å². The van der Waals surface area contributed by atoms with E-state index in [1.165, 1.54) is 24.5 Å². The molecule has 0 fully saturated rings. The second-order valence-electron chi connectivity index (χ2n) is 5.42. The van der Waals surface area contributed by atoms with E-state index in [0.29, 0.717) is 35.8 Å². The average Bonchev–Trinajstić information content (AvgIpc) is 2.98. The topological polar surface area (TPSA) is 29.3 Å². The van der Waals surface area contributed by atoms with Crippen molar-refractivity contribution in [2.45, 2.75) is 13.1 Å². The lowest BCUT2D eigenvalue weighted by molar-refractivity contribution is 0.309. The van der Waals surface area contributed by atoms with E-state index in [2.05, 4.69) is 4.98 Å². The predicted octanol–water partition coefficient (Wildman–Crippen LogP) is 4.25. The number of nitrogens with zero attached hydrogens (tertiary/aromatic N) is 2. The fraction of sp³-hybridized carbons (Fsp3) is 0.167. The number of hydrogen-bond acceptors (Lipinski definition) is 3. The van der Waals surface area contributed by atoms with Crippen molar-refractivity contribution in [3.05, 3.63) is 77.7 Å². The molecule has 0 saturated heterocycles. The summed E-state index contributed by atoms with van der Waals surface area (Å²) in [4.78, 5) is 6.29. The molecule has 1 heterocycles. The number of aromatic nitrogens is 1. The Labute approximate surface area is 133 Å². The summed E-state index contributed by atoms with van der Waals surface area (Å²) in [7, 11) is 1.88. The van der Waals surface area contributed by atoms with E-state index < -0.39 is 0 Å². The number of oxazole rings is 1. The largest absolute Gasteiger partial charge is 0.444 e. The molecule has 0 aliphatic carbocycles. The Bertz CT molecular complexity index is 801. The van der Waals surface area contributed by atoms with Crippen molar-refractivity contribution in [3.63, 3.8) is 0 Å². The van der Waals surface area contributed by atoms with Gasteiger partial charge in [0.05, 0.1) is 5.69 Å². The van der Waals surface area contributed by atoms with Gasteiger partial charge in [-0.15, -0.1) is 0 Å². The molecule has 3 rings (SSSR count). The van der Waals surface area contributed by atoms with Crippen LogP contribution < -0.4 is 0 Å². The van der Waals surface area contributed by atoms with Crippen LogP contribution in [0.5, 0.6) is 0 Å². The van der Waals surface area contributed by atoms with Crippen LogP contribution in [-0.4, -0.2) is 16.9 Å².